The molecule has 1 aromatic rings. The topological polar surface area (TPSA) is 51.7 Å². The minimum Gasteiger partial charge on any atom is -0.372 e. The summed E-state index contributed by atoms with van der Waals surface area (Å²) in [4.78, 5) is 18.4. The third-order valence-electron chi connectivity index (χ3n) is 4.15. The van der Waals surface area contributed by atoms with Crippen molar-refractivity contribution >= 4 is 5.91 Å². The second kappa shape index (κ2) is 7.00. The highest BCUT2D eigenvalue weighted by atomic mass is 16.5. The number of aromatic nitrogens is 1. The molecule has 0 radical (unpaired) electrons. The quantitative estimate of drug-likeness (QED) is 0.848. The van der Waals surface area contributed by atoms with Crippen LogP contribution in [0.25, 0.3) is 0 Å². The first-order chi connectivity index (χ1) is 10.3. The predicted octanol–water partition coefficient (Wildman–Crippen LogP) is 1.77. The fourth-order valence-corrected chi connectivity index (χ4v) is 2.91. The summed E-state index contributed by atoms with van der Waals surface area (Å²) in [5, 5.41) is 0. The molecule has 5 heteroatoms. The van der Waals surface area contributed by atoms with Gasteiger partial charge in [-0.3, -0.25) is 9.78 Å². The van der Waals surface area contributed by atoms with Gasteiger partial charge in [-0.1, -0.05) is 6.07 Å². The van der Waals surface area contributed by atoms with Crippen LogP contribution >= 0.6 is 0 Å². The van der Waals surface area contributed by atoms with E-state index in [1.807, 2.05) is 23.1 Å². The van der Waals surface area contributed by atoms with Crippen LogP contribution in [0.15, 0.2) is 24.4 Å². The lowest BCUT2D eigenvalue weighted by Gasteiger charge is -2.33. The van der Waals surface area contributed by atoms with Crippen molar-refractivity contribution in [1.82, 2.24) is 9.88 Å². The van der Waals surface area contributed by atoms with Crippen LogP contribution in [0.2, 0.25) is 0 Å². The van der Waals surface area contributed by atoms with Crippen molar-refractivity contribution in [1.29, 1.82) is 0 Å². The van der Waals surface area contributed by atoms with Crippen molar-refractivity contribution in [3.8, 4) is 0 Å². The van der Waals surface area contributed by atoms with E-state index in [0.29, 0.717) is 6.61 Å². The van der Waals surface area contributed by atoms with E-state index < -0.39 is 0 Å². The lowest BCUT2D eigenvalue weighted by Crippen LogP contribution is -2.45. The standard InChI is InChI=1S/C16H22N2O3/c19-16(15-5-3-11-20-15)18-9-6-14(7-10-18)21-12-13-4-1-2-8-17-13/h1-2,4,8,14-15H,3,5-7,9-12H2/t15-/m1/s1. The Kier molecular flexibility index (Phi) is 4.83. The van der Waals surface area contributed by atoms with Crippen LogP contribution in [-0.2, 0) is 20.9 Å². The van der Waals surface area contributed by atoms with E-state index in [4.69, 9.17) is 9.47 Å². The Bertz CT molecular complexity index is 452. The van der Waals surface area contributed by atoms with Crippen LogP contribution in [0.3, 0.4) is 0 Å². The monoisotopic (exact) mass is 290 g/mol. The lowest BCUT2D eigenvalue weighted by molar-refractivity contribution is -0.143. The first-order valence-electron chi connectivity index (χ1n) is 7.75. The molecular formula is C16H22N2O3. The summed E-state index contributed by atoms with van der Waals surface area (Å²) in [6, 6.07) is 5.84. The van der Waals surface area contributed by atoms with Crippen LogP contribution in [0, 0.1) is 0 Å². The molecular weight excluding hydrogens is 268 g/mol. The van der Waals surface area contributed by atoms with E-state index in [9.17, 15) is 4.79 Å². The summed E-state index contributed by atoms with van der Waals surface area (Å²) in [5.74, 6) is 0.163. The van der Waals surface area contributed by atoms with E-state index in [0.717, 1.165) is 51.1 Å². The van der Waals surface area contributed by atoms with Gasteiger partial charge in [0.1, 0.15) is 6.10 Å². The van der Waals surface area contributed by atoms with Crippen molar-refractivity contribution in [3.63, 3.8) is 0 Å². The molecule has 0 spiro atoms. The van der Waals surface area contributed by atoms with E-state index in [1.54, 1.807) is 6.20 Å². The number of ether oxygens (including phenoxy) is 2. The third kappa shape index (κ3) is 3.80. The first-order valence-corrected chi connectivity index (χ1v) is 7.75. The molecule has 2 aliphatic heterocycles. The molecule has 2 fully saturated rings. The van der Waals surface area contributed by atoms with Crippen molar-refractivity contribution < 1.29 is 14.3 Å². The van der Waals surface area contributed by atoms with Crippen molar-refractivity contribution in [3.05, 3.63) is 30.1 Å². The molecule has 3 rings (SSSR count). The number of likely N-dealkylation sites (tertiary alicyclic amines) is 1. The molecule has 0 aliphatic carbocycles. The molecule has 0 aromatic carbocycles. The molecule has 1 amide bonds. The molecule has 1 aromatic heterocycles. The largest absolute Gasteiger partial charge is 0.372 e. The SMILES string of the molecule is O=C([C@H]1CCCO1)N1CCC(OCc2ccccn2)CC1. The second-order valence-corrected chi connectivity index (χ2v) is 5.66. The molecule has 0 N–H and O–H groups in total. The summed E-state index contributed by atoms with van der Waals surface area (Å²) in [7, 11) is 0. The summed E-state index contributed by atoms with van der Waals surface area (Å²) < 4.78 is 11.4. The smallest absolute Gasteiger partial charge is 0.251 e. The maximum Gasteiger partial charge on any atom is 0.251 e. The average molecular weight is 290 g/mol. The molecule has 114 valence electrons. The van der Waals surface area contributed by atoms with Gasteiger partial charge >= 0.3 is 0 Å². The molecule has 1 atom stereocenters. The van der Waals surface area contributed by atoms with Crippen LogP contribution in [0.1, 0.15) is 31.4 Å². The fraction of sp³-hybridized carbons (Fsp3) is 0.625. The Morgan fingerprint density at radius 2 is 2.19 bits per heavy atom. The zero-order chi connectivity index (χ0) is 14.5. The van der Waals surface area contributed by atoms with Gasteiger partial charge in [-0.05, 0) is 37.8 Å². The number of carbonyl (C=O) groups excluding carboxylic acids is 1. The number of hydrogen-bond acceptors (Lipinski definition) is 4. The van der Waals surface area contributed by atoms with Gasteiger partial charge in [0.05, 0.1) is 18.4 Å². The summed E-state index contributed by atoms with van der Waals surface area (Å²) >= 11 is 0. The van der Waals surface area contributed by atoms with E-state index in [2.05, 4.69) is 4.98 Å². The number of carbonyl (C=O) groups is 1. The Hall–Kier alpha value is -1.46. The van der Waals surface area contributed by atoms with Gasteiger partial charge in [0.25, 0.3) is 5.91 Å². The van der Waals surface area contributed by atoms with Gasteiger partial charge in [0, 0.05) is 25.9 Å². The number of nitrogens with zero attached hydrogens (tertiary/aromatic N) is 2. The Balaban J connectivity index is 1.41. The number of amides is 1. The molecule has 3 heterocycles. The van der Waals surface area contributed by atoms with Crippen LogP contribution in [0.5, 0.6) is 0 Å². The Morgan fingerprint density at radius 3 is 2.86 bits per heavy atom. The third-order valence-corrected chi connectivity index (χ3v) is 4.15. The summed E-state index contributed by atoms with van der Waals surface area (Å²) in [6.07, 6.45) is 5.46. The normalized spacial score (nSPS) is 23.4. The molecule has 0 bridgehead atoms. The Labute approximate surface area is 125 Å². The zero-order valence-electron chi connectivity index (χ0n) is 12.2. The van der Waals surface area contributed by atoms with Gasteiger partial charge in [0.15, 0.2) is 0 Å². The van der Waals surface area contributed by atoms with Gasteiger partial charge < -0.3 is 14.4 Å². The van der Waals surface area contributed by atoms with Crippen LogP contribution in [-0.4, -0.2) is 47.7 Å². The van der Waals surface area contributed by atoms with Gasteiger partial charge in [0.2, 0.25) is 0 Å². The van der Waals surface area contributed by atoms with E-state index in [1.165, 1.54) is 0 Å². The van der Waals surface area contributed by atoms with Gasteiger partial charge in [-0.2, -0.15) is 0 Å². The number of rotatable bonds is 4. The van der Waals surface area contributed by atoms with Gasteiger partial charge in [-0.25, -0.2) is 0 Å². The minimum atomic E-state index is -0.198. The molecule has 5 nitrogen and oxygen atoms in total. The highest BCUT2D eigenvalue weighted by Crippen LogP contribution is 2.20. The summed E-state index contributed by atoms with van der Waals surface area (Å²) in [5.41, 5.74) is 0.954. The van der Waals surface area contributed by atoms with Crippen LogP contribution < -0.4 is 0 Å². The number of pyridine rings is 1. The van der Waals surface area contributed by atoms with E-state index >= 15 is 0 Å². The molecule has 0 unspecified atom stereocenters. The molecule has 2 saturated heterocycles. The second-order valence-electron chi connectivity index (χ2n) is 5.66. The molecule has 2 aliphatic rings. The van der Waals surface area contributed by atoms with Crippen molar-refractivity contribution in [2.45, 2.75) is 44.5 Å². The lowest BCUT2D eigenvalue weighted by atomic mass is 10.1. The van der Waals surface area contributed by atoms with Gasteiger partial charge in [-0.15, -0.1) is 0 Å². The summed E-state index contributed by atoms with van der Waals surface area (Å²) in [6.45, 7) is 2.81. The highest BCUT2D eigenvalue weighted by molar-refractivity contribution is 5.81. The molecule has 0 saturated carbocycles. The van der Waals surface area contributed by atoms with Crippen molar-refractivity contribution in [2.75, 3.05) is 19.7 Å². The van der Waals surface area contributed by atoms with E-state index in [-0.39, 0.29) is 18.1 Å². The Morgan fingerprint density at radius 1 is 1.33 bits per heavy atom. The average Bonchev–Trinajstić information content (AvgIpc) is 3.08. The van der Waals surface area contributed by atoms with Crippen molar-refractivity contribution in [2.24, 2.45) is 0 Å². The fourth-order valence-electron chi connectivity index (χ4n) is 2.91. The zero-order valence-corrected chi connectivity index (χ0v) is 12.2. The van der Waals surface area contributed by atoms with Crippen LogP contribution in [0.4, 0.5) is 0 Å². The predicted molar refractivity (Wildman–Crippen MR) is 77.6 cm³/mol. The minimum absolute atomic E-state index is 0.163. The first kappa shape index (κ1) is 14.5. The highest BCUT2D eigenvalue weighted by Gasteiger charge is 2.30. The molecule has 21 heavy (non-hydrogen) atoms. The number of hydrogen-bond donors (Lipinski definition) is 0. The maximum absolute atomic E-state index is 12.2. The maximum atomic E-state index is 12.2. The number of piperidine rings is 1.